The van der Waals surface area contributed by atoms with Crippen LogP contribution >= 0.6 is 11.3 Å². The maximum atomic E-state index is 14.3. The average molecular weight is 483 g/mol. The van der Waals surface area contributed by atoms with Gasteiger partial charge in [-0.05, 0) is 48.5 Å². The summed E-state index contributed by atoms with van der Waals surface area (Å²) in [7, 11) is -2.60. The van der Waals surface area contributed by atoms with E-state index in [0.29, 0.717) is 11.3 Å². The van der Waals surface area contributed by atoms with Crippen molar-refractivity contribution in [2.24, 2.45) is 0 Å². The van der Waals surface area contributed by atoms with Gasteiger partial charge in [0.1, 0.15) is 26.3 Å². The fraction of sp³-hybridized carbons (Fsp3) is 0.0417. The van der Waals surface area contributed by atoms with E-state index in [1.165, 1.54) is 37.4 Å². The summed E-state index contributed by atoms with van der Waals surface area (Å²) in [5, 5.41) is 2.87. The summed E-state index contributed by atoms with van der Waals surface area (Å²) in [6, 6.07) is 19.9. The van der Waals surface area contributed by atoms with Gasteiger partial charge in [0.25, 0.3) is 0 Å². The van der Waals surface area contributed by atoms with Gasteiger partial charge in [-0.3, -0.25) is 4.79 Å². The number of methoxy groups -OCH3 is 1. The van der Waals surface area contributed by atoms with Crippen molar-refractivity contribution >= 4 is 43.3 Å². The molecule has 1 heterocycles. The fourth-order valence-electron chi connectivity index (χ4n) is 3.22. The van der Waals surface area contributed by atoms with Crippen molar-refractivity contribution in [3.8, 4) is 5.75 Å². The third-order valence-electron chi connectivity index (χ3n) is 4.90. The second-order valence-electron chi connectivity index (χ2n) is 6.98. The highest BCUT2D eigenvalue weighted by molar-refractivity contribution is 7.92. The maximum absolute atomic E-state index is 14.3. The van der Waals surface area contributed by atoms with Gasteiger partial charge in [-0.2, -0.15) is 0 Å². The highest BCUT2D eigenvalue weighted by Gasteiger charge is 2.32. The molecule has 0 aliphatic heterocycles. The van der Waals surface area contributed by atoms with E-state index in [2.05, 4.69) is 5.32 Å². The number of anilines is 3. The van der Waals surface area contributed by atoms with E-state index in [1.54, 1.807) is 48.5 Å². The molecule has 3 aromatic carbocycles. The van der Waals surface area contributed by atoms with Gasteiger partial charge in [0, 0.05) is 5.56 Å². The normalized spacial score (nSPS) is 11.2. The monoisotopic (exact) mass is 482 g/mol. The predicted octanol–water partition coefficient (Wildman–Crippen LogP) is 5.29. The zero-order chi connectivity index (χ0) is 23.6. The number of nitrogen functional groups attached to an aromatic ring is 1. The first kappa shape index (κ1) is 22.5. The van der Waals surface area contributed by atoms with Crippen LogP contribution in [-0.4, -0.2) is 21.3 Å². The first-order valence-corrected chi connectivity index (χ1v) is 12.1. The van der Waals surface area contributed by atoms with Gasteiger partial charge in [0.2, 0.25) is 15.6 Å². The Morgan fingerprint density at radius 1 is 0.970 bits per heavy atom. The minimum absolute atomic E-state index is 0.00882. The van der Waals surface area contributed by atoms with Crippen molar-refractivity contribution in [2.75, 3.05) is 18.2 Å². The summed E-state index contributed by atoms with van der Waals surface area (Å²) in [4.78, 5) is 13.0. The smallest absolute Gasteiger partial charge is 0.211 e. The third kappa shape index (κ3) is 4.33. The van der Waals surface area contributed by atoms with Crippen LogP contribution in [0, 0.1) is 5.82 Å². The summed E-state index contributed by atoms with van der Waals surface area (Å²) in [5.41, 5.74) is 6.45. The number of carbonyl (C=O) groups excluding carboxylic acids is 1. The second-order valence-corrected chi connectivity index (χ2v) is 9.89. The molecule has 0 saturated carbocycles. The summed E-state index contributed by atoms with van der Waals surface area (Å²) in [6.45, 7) is 0. The molecule has 0 bridgehead atoms. The van der Waals surface area contributed by atoms with Crippen LogP contribution in [0.25, 0.3) is 0 Å². The number of hydrogen-bond acceptors (Lipinski definition) is 7. The molecule has 4 aromatic rings. The molecule has 0 fully saturated rings. The lowest BCUT2D eigenvalue weighted by molar-refractivity contribution is 0.104. The molecule has 0 amide bonds. The molecule has 0 unspecified atom stereocenters. The largest absolute Gasteiger partial charge is 0.497 e. The highest BCUT2D eigenvalue weighted by Crippen LogP contribution is 2.44. The highest BCUT2D eigenvalue weighted by atomic mass is 32.2. The molecule has 0 saturated heterocycles. The Morgan fingerprint density at radius 2 is 1.61 bits per heavy atom. The molecule has 0 spiro atoms. The number of halogens is 1. The van der Waals surface area contributed by atoms with Crippen LogP contribution in [0.3, 0.4) is 0 Å². The Morgan fingerprint density at radius 3 is 2.24 bits per heavy atom. The molecule has 0 radical (unpaired) electrons. The van der Waals surface area contributed by atoms with Gasteiger partial charge < -0.3 is 15.8 Å². The second kappa shape index (κ2) is 9.05. The molecular weight excluding hydrogens is 463 g/mol. The zero-order valence-corrected chi connectivity index (χ0v) is 19.0. The van der Waals surface area contributed by atoms with Crippen LogP contribution in [-0.2, 0) is 9.84 Å². The molecule has 4 rings (SSSR count). The van der Waals surface area contributed by atoms with Crippen LogP contribution in [0.2, 0.25) is 0 Å². The number of benzene rings is 3. The van der Waals surface area contributed by atoms with E-state index in [-0.39, 0.29) is 31.0 Å². The Hall–Kier alpha value is -3.69. The van der Waals surface area contributed by atoms with E-state index < -0.39 is 21.4 Å². The van der Waals surface area contributed by atoms with Crippen molar-refractivity contribution in [3.05, 3.63) is 95.1 Å². The molecule has 6 nitrogen and oxygen atoms in total. The van der Waals surface area contributed by atoms with Gasteiger partial charge in [-0.25, -0.2) is 12.8 Å². The number of hydrogen-bond donors (Lipinski definition) is 2. The summed E-state index contributed by atoms with van der Waals surface area (Å²) in [5.74, 6) is -0.457. The predicted molar refractivity (Wildman–Crippen MR) is 127 cm³/mol. The quantitative estimate of drug-likeness (QED) is 0.348. The number of carbonyl (C=O) groups is 1. The number of sulfone groups is 1. The minimum Gasteiger partial charge on any atom is -0.497 e. The zero-order valence-electron chi connectivity index (χ0n) is 17.4. The molecule has 33 heavy (non-hydrogen) atoms. The number of para-hydroxylation sites is 1. The molecular formula is C24H19FN2O4S2. The molecule has 9 heteroatoms. The number of thiophene rings is 1. The third-order valence-corrected chi connectivity index (χ3v) is 8.01. The topological polar surface area (TPSA) is 98.5 Å². The Balaban J connectivity index is 1.87. The molecule has 3 N–H and O–H groups in total. The van der Waals surface area contributed by atoms with E-state index in [1.807, 2.05) is 0 Å². The minimum atomic E-state index is -4.11. The number of rotatable bonds is 7. The number of ether oxygens (including phenoxy) is 1. The van der Waals surface area contributed by atoms with Crippen LogP contribution in [0.5, 0.6) is 5.75 Å². The standard InChI is InChI=1S/C24H19FN2O4S2/c1-31-16-13-11-15(12-14-16)21(28)22-20(26)23(33(29,30)17-7-3-2-4-8-17)24(32-22)27-19-10-6-5-9-18(19)25/h2-14,27H,26H2,1H3. The maximum Gasteiger partial charge on any atom is 0.211 e. The Kier molecular flexibility index (Phi) is 6.17. The van der Waals surface area contributed by atoms with Crippen LogP contribution < -0.4 is 15.8 Å². The van der Waals surface area contributed by atoms with E-state index in [4.69, 9.17) is 10.5 Å². The number of nitrogens with two attached hydrogens (primary N) is 1. The number of nitrogens with one attached hydrogen (secondary N) is 1. The molecule has 0 aliphatic rings. The molecule has 168 valence electrons. The van der Waals surface area contributed by atoms with Crippen LogP contribution in [0.1, 0.15) is 15.2 Å². The van der Waals surface area contributed by atoms with Gasteiger partial charge in [-0.1, -0.05) is 30.3 Å². The van der Waals surface area contributed by atoms with E-state index in [0.717, 1.165) is 11.3 Å². The lowest BCUT2D eigenvalue weighted by Gasteiger charge is -2.10. The van der Waals surface area contributed by atoms with Gasteiger partial charge >= 0.3 is 0 Å². The Labute approximate surface area is 194 Å². The SMILES string of the molecule is COc1ccc(C(=O)c2sc(Nc3ccccc3F)c(S(=O)(=O)c3ccccc3)c2N)cc1. The van der Waals surface area contributed by atoms with Crippen molar-refractivity contribution in [1.29, 1.82) is 0 Å². The van der Waals surface area contributed by atoms with Crippen LogP contribution in [0.15, 0.2) is 88.7 Å². The molecule has 0 atom stereocenters. The first-order valence-electron chi connectivity index (χ1n) is 9.75. The van der Waals surface area contributed by atoms with Crippen molar-refractivity contribution in [1.82, 2.24) is 0 Å². The van der Waals surface area contributed by atoms with Crippen LogP contribution in [0.4, 0.5) is 20.8 Å². The first-order chi connectivity index (χ1) is 15.8. The fourth-order valence-corrected chi connectivity index (χ4v) is 6.17. The molecule has 0 aliphatic carbocycles. The summed E-state index contributed by atoms with van der Waals surface area (Å²) in [6.07, 6.45) is 0. The summed E-state index contributed by atoms with van der Waals surface area (Å²) >= 11 is 0.861. The van der Waals surface area contributed by atoms with Gasteiger partial charge in [0.15, 0.2) is 0 Å². The van der Waals surface area contributed by atoms with Gasteiger partial charge in [-0.15, -0.1) is 11.3 Å². The lowest BCUT2D eigenvalue weighted by Crippen LogP contribution is -2.08. The van der Waals surface area contributed by atoms with Crippen molar-refractivity contribution in [3.63, 3.8) is 0 Å². The molecule has 1 aromatic heterocycles. The average Bonchev–Trinajstić information content (AvgIpc) is 3.17. The van der Waals surface area contributed by atoms with Gasteiger partial charge in [0.05, 0.1) is 23.4 Å². The lowest BCUT2D eigenvalue weighted by atomic mass is 10.1. The Bertz CT molecular complexity index is 1420. The van der Waals surface area contributed by atoms with Crippen molar-refractivity contribution < 1.29 is 22.3 Å². The number of ketones is 1. The van der Waals surface area contributed by atoms with Crippen molar-refractivity contribution in [2.45, 2.75) is 9.79 Å². The summed E-state index contributed by atoms with van der Waals surface area (Å²) < 4.78 is 46.4. The van der Waals surface area contributed by atoms with E-state index >= 15 is 0 Å². The van der Waals surface area contributed by atoms with E-state index in [9.17, 15) is 17.6 Å².